The zero-order chi connectivity index (χ0) is 12.2. The van der Waals surface area contributed by atoms with Gasteiger partial charge in [-0.25, -0.2) is 0 Å². The van der Waals surface area contributed by atoms with Crippen molar-refractivity contribution in [3.05, 3.63) is 0 Å². The lowest BCUT2D eigenvalue weighted by molar-refractivity contribution is -0.137. The van der Waals surface area contributed by atoms with Gasteiger partial charge in [0.05, 0.1) is 6.42 Å². The Labute approximate surface area is 95.8 Å². The largest absolute Gasteiger partial charge is 0.481 e. The highest BCUT2D eigenvalue weighted by Crippen LogP contribution is 2.18. The first-order valence-corrected chi connectivity index (χ1v) is 6.81. The Morgan fingerprint density at radius 2 is 2.00 bits per heavy atom. The van der Waals surface area contributed by atoms with Crippen molar-refractivity contribution in [2.24, 2.45) is 0 Å². The number of carboxylic acids is 1. The molecule has 2 N–H and O–H groups in total. The molecule has 1 fully saturated rings. The summed E-state index contributed by atoms with van der Waals surface area (Å²) in [5.74, 6) is -0.997. The molecule has 0 heterocycles. The van der Waals surface area contributed by atoms with Gasteiger partial charge in [0.2, 0.25) is 0 Å². The minimum atomic E-state index is -3.52. The molecule has 7 heteroatoms. The van der Waals surface area contributed by atoms with E-state index in [1.54, 1.807) is 0 Å². The molecule has 0 aliphatic heterocycles. The summed E-state index contributed by atoms with van der Waals surface area (Å²) in [5.41, 5.74) is 0. The third-order valence-electron chi connectivity index (χ3n) is 2.72. The smallest absolute Gasteiger partial charge is 0.304 e. The lowest BCUT2D eigenvalue weighted by atomic mass is 10.3. The predicted molar refractivity (Wildman–Crippen MR) is 59.2 cm³/mol. The maximum Gasteiger partial charge on any atom is 0.304 e. The Hall–Kier alpha value is -0.660. The summed E-state index contributed by atoms with van der Waals surface area (Å²) in [6.45, 7) is -0.00259. The van der Waals surface area contributed by atoms with E-state index in [0.29, 0.717) is 0 Å². The number of aliphatic carboxylic acids is 1. The van der Waals surface area contributed by atoms with Crippen molar-refractivity contribution < 1.29 is 18.3 Å². The van der Waals surface area contributed by atoms with Crippen LogP contribution in [0.15, 0.2) is 0 Å². The van der Waals surface area contributed by atoms with Crippen molar-refractivity contribution in [1.82, 2.24) is 9.03 Å². The number of nitrogens with zero attached hydrogens (tertiary/aromatic N) is 1. The molecule has 16 heavy (non-hydrogen) atoms. The van der Waals surface area contributed by atoms with Gasteiger partial charge in [-0.2, -0.15) is 17.4 Å². The Morgan fingerprint density at radius 1 is 1.44 bits per heavy atom. The summed E-state index contributed by atoms with van der Waals surface area (Å²) in [4.78, 5) is 10.3. The maximum atomic E-state index is 11.7. The van der Waals surface area contributed by atoms with Gasteiger partial charge >= 0.3 is 5.97 Å². The van der Waals surface area contributed by atoms with E-state index in [4.69, 9.17) is 5.11 Å². The lowest BCUT2D eigenvalue weighted by Gasteiger charge is -2.19. The Bertz CT molecular complexity index is 335. The number of carbonyl (C=O) groups is 1. The Balaban J connectivity index is 2.45. The molecule has 0 saturated heterocycles. The molecule has 0 unspecified atom stereocenters. The highest BCUT2D eigenvalue weighted by molar-refractivity contribution is 7.87. The van der Waals surface area contributed by atoms with Gasteiger partial charge in [-0.15, -0.1) is 0 Å². The molecule has 1 aliphatic rings. The first kappa shape index (κ1) is 13.4. The number of nitrogens with one attached hydrogen (secondary N) is 1. The molecule has 1 aliphatic carbocycles. The molecule has 1 rings (SSSR count). The summed E-state index contributed by atoms with van der Waals surface area (Å²) < 4.78 is 27.1. The lowest BCUT2D eigenvalue weighted by Crippen LogP contribution is -2.43. The van der Waals surface area contributed by atoms with Crippen LogP contribution in [0.4, 0.5) is 0 Å². The number of carboxylic acid groups (broad SMARTS) is 1. The van der Waals surface area contributed by atoms with Crippen LogP contribution >= 0.6 is 0 Å². The van der Waals surface area contributed by atoms with E-state index in [-0.39, 0.29) is 19.0 Å². The fourth-order valence-electron chi connectivity index (χ4n) is 1.72. The summed E-state index contributed by atoms with van der Waals surface area (Å²) in [5, 5.41) is 8.47. The first-order valence-electron chi connectivity index (χ1n) is 5.37. The average Bonchev–Trinajstić information content (AvgIpc) is 2.65. The second-order valence-electron chi connectivity index (χ2n) is 4.07. The van der Waals surface area contributed by atoms with Crippen molar-refractivity contribution in [1.29, 1.82) is 0 Å². The highest BCUT2D eigenvalue weighted by Gasteiger charge is 2.24. The zero-order valence-electron chi connectivity index (χ0n) is 9.35. The van der Waals surface area contributed by atoms with Crippen LogP contribution in [0.2, 0.25) is 0 Å². The number of hydrogen-bond donors (Lipinski definition) is 2. The van der Waals surface area contributed by atoms with Crippen LogP contribution in [0.5, 0.6) is 0 Å². The van der Waals surface area contributed by atoms with E-state index in [0.717, 1.165) is 30.0 Å². The third kappa shape index (κ3) is 4.07. The van der Waals surface area contributed by atoms with Crippen LogP contribution in [0.3, 0.4) is 0 Å². The Kier molecular flexibility index (Phi) is 4.69. The molecule has 0 atom stereocenters. The third-order valence-corrected chi connectivity index (χ3v) is 4.36. The SMILES string of the molecule is CN(CCC(=O)O)S(=O)(=O)NC1CCCC1. The summed E-state index contributed by atoms with van der Waals surface area (Å²) in [6, 6.07) is 0.0114. The van der Waals surface area contributed by atoms with Crippen molar-refractivity contribution in [3.63, 3.8) is 0 Å². The monoisotopic (exact) mass is 250 g/mol. The van der Waals surface area contributed by atoms with Crippen LogP contribution in [-0.4, -0.2) is 43.4 Å². The number of rotatable bonds is 6. The minimum absolute atomic E-state index is 0.00259. The molecule has 0 radical (unpaired) electrons. The molecule has 1 saturated carbocycles. The van der Waals surface area contributed by atoms with E-state index in [2.05, 4.69) is 4.72 Å². The van der Waals surface area contributed by atoms with Gasteiger partial charge in [-0.05, 0) is 12.8 Å². The van der Waals surface area contributed by atoms with E-state index in [1.165, 1.54) is 7.05 Å². The van der Waals surface area contributed by atoms with Crippen LogP contribution in [0, 0.1) is 0 Å². The van der Waals surface area contributed by atoms with Gasteiger partial charge in [0, 0.05) is 19.6 Å². The molecule has 94 valence electrons. The number of hydrogen-bond acceptors (Lipinski definition) is 3. The average molecular weight is 250 g/mol. The van der Waals surface area contributed by atoms with E-state index in [9.17, 15) is 13.2 Å². The second kappa shape index (κ2) is 5.60. The van der Waals surface area contributed by atoms with Gasteiger partial charge in [0.1, 0.15) is 0 Å². The van der Waals surface area contributed by atoms with Gasteiger partial charge in [0.25, 0.3) is 10.2 Å². The summed E-state index contributed by atoms with van der Waals surface area (Å²) in [7, 11) is -2.13. The van der Waals surface area contributed by atoms with Gasteiger partial charge in [0.15, 0.2) is 0 Å². The maximum absolute atomic E-state index is 11.7. The first-order chi connectivity index (χ1) is 7.42. The zero-order valence-corrected chi connectivity index (χ0v) is 10.2. The van der Waals surface area contributed by atoms with Gasteiger partial charge in [-0.1, -0.05) is 12.8 Å². The van der Waals surface area contributed by atoms with E-state index < -0.39 is 16.2 Å². The minimum Gasteiger partial charge on any atom is -0.481 e. The second-order valence-corrected chi connectivity index (χ2v) is 5.88. The molecular weight excluding hydrogens is 232 g/mol. The van der Waals surface area contributed by atoms with Crippen LogP contribution in [-0.2, 0) is 15.0 Å². The van der Waals surface area contributed by atoms with Crippen molar-refractivity contribution in [2.45, 2.75) is 38.1 Å². The molecule has 0 spiro atoms. The predicted octanol–water partition coefficient (Wildman–Crippen LogP) is 0.170. The fraction of sp³-hybridized carbons (Fsp3) is 0.889. The Morgan fingerprint density at radius 3 is 2.50 bits per heavy atom. The molecule has 0 aromatic carbocycles. The normalized spacial score (nSPS) is 18.1. The van der Waals surface area contributed by atoms with Gasteiger partial charge < -0.3 is 5.11 Å². The van der Waals surface area contributed by atoms with E-state index >= 15 is 0 Å². The standard InChI is InChI=1S/C9H18N2O4S/c1-11(7-6-9(12)13)16(14,15)10-8-4-2-3-5-8/h8,10H,2-7H2,1H3,(H,12,13). The molecule has 0 amide bonds. The van der Waals surface area contributed by atoms with Crippen LogP contribution < -0.4 is 4.72 Å². The molecular formula is C9H18N2O4S. The summed E-state index contributed by atoms with van der Waals surface area (Å²) >= 11 is 0. The molecule has 0 aromatic rings. The van der Waals surface area contributed by atoms with Crippen molar-refractivity contribution in [2.75, 3.05) is 13.6 Å². The van der Waals surface area contributed by atoms with E-state index in [1.807, 2.05) is 0 Å². The quantitative estimate of drug-likeness (QED) is 0.703. The summed E-state index contributed by atoms with van der Waals surface area (Å²) in [6.07, 6.45) is 3.65. The molecule has 6 nitrogen and oxygen atoms in total. The van der Waals surface area contributed by atoms with Crippen LogP contribution in [0.25, 0.3) is 0 Å². The molecule has 0 aromatic heterocycles. The topological polar surface area (TPSA) is 86.7 Å². The van der Waals surface area contributed by atoms with Crippen molar-refractivity contribution in [3.8, 4) is 0 Å². The van der Waals surface area contributed by atoms with Crippen LogP contribution in [0.1, 0.15) is 32.1 Å². The van der Waals surface area contributed by atoms with Gasteiger partial charge in [-0.3, -0.25) is 4.79 Å². The highest BCUT2D eigenvalue weighted by atomic mass is 32.2. The van der Waals surface area contributed by atoms with Crippen molar-refractivity contribution >= 4 is 16.2 Å². The fourth-order valence-corrected chi connectivity index (χ4v) is 2.89. The molecule has 0 bridgehead atoms.